The molecular formula is C10H14FNO2. The number of phenolic OH excluding ortho intramolecular Hbond substituents is 1. The number of aryl methyl sites for hydroxylation is 1. The monoisotopic (exact) mass is 199 g/mol. The van der Waals surface area contributed by atoms with Gasteiger partial charge in [-0.3, -0.25) is 0 Å². The Morgan fingerprint density at radius 1 is 1.50 bits per heavy atom. The van der Waals surface area contributed by atoms with Gasteiger partial charge in [-0.15, -0.1) is 0 Å². The minimum absolute atomic E-state index is 0.349. The fourth-order valence-electron chi connectivity index (χ4n) is 1.26. The Morgan fingerprint density at radius 2 is 2.21 bits per heavy atom. The Bertz CT molecular complexity index is 315. The molecule has 0 fully saturated rings. The molecule has 14 heavy (non-hydrogen) atoms. The highest BCUT2D eigenvalue weighted by Crippen LogP contribution is 2.27. The van der Waals surface area contributed by atoms with Crippen molar-refractivity contribution in [3.63, 3.8) is 0 Å². The molecule has 0 saturated carbocycles. The summed E-state index contributed by atoms with van der Waals surface area (Å²) in [5.41, 5.74) is 6.13. The van der Waals surface area contributed by atoms with E-state index in [0.717, 1.165) is 12.0 Å². The molecule has 0 aliphatic carbocycles. The van der Waals surface area contributed by atoms with E-state index < -0.39 is 5.82 Å². The lowest BCUT2D eigenvalue weighted by Crippen LogP contribution is -2.02. The standard InChI is InChI=1S/C10H14FNO2/c1-14-10-6-8(11)9(13)5-7(10)3-2-4-12/h5-6,13H,2-4,12H2,1H3. The lowest BCUT2D eigenvalue weighted by atomic mass is 10.1. The summed E-state index contributed by atoms with van der Waals surface area (Å²) in [4.78, 5) is 0. The normalized spacial score (nSPS) is 10.2. The van der Waals surface area contributed by atoms with E-state index in [4.69, 9.17) is 15.6 Å². The van der Waals surface area contributed by atoms with Crippen molar-refractivity contribution in [1.82, 2.24) is 0 Å². The quantitative estimate of drug-likeness (QED) is 0.771. The summed E-state index contributed by atoms with van der Waals surface area (Å²) in [5, 5.41) is 9.16. The summed E-state index contributed by atoms with van der Waals surface area (Å²) in [5.74, 6) is -0.565. The van der Waals surface area contributed by atoms with Crippen LogP contribution in [0, 0.1) is 5.82 Å². The fraction of sp³-hybridized carbons (Fsp3) is 0.400. The summed E-state index contributed by atoms with van der Waals surface area (Å²) in [7, 11) is 1.47. The van der Waals surface area contributed by atoms with Crippen LogP contribution in [0.4, 0.5) is 4.39 Å². The Balaban J connectivity index is 2.95. The van der Waals surface area contributed by atoms with Gasteiger partial charge < -0.3 is 15.6 Å². The zero-order chi connectivity index (χ0) is 10.6. The van der Waals surface area contributed by atoms with Crippen LogP contribution in [0.15, 0.2) is 12.1 Å². The van der Waals surface area contributed by atoms with Crippen molar-refractivity contribution in [1.29, 1.82) is 0 Å². The van der Waals surface area contributed by atoms with Gasteiger partial charge in [0, 0.05) is 6.07 Å². The molecule has 1 aromatic rings. The van der Waals surface area contributed by atoms with Gasteiger partial charge in [0.2, 0.25) is 0 Å². The summed E-state index contributed by atoms with van der Waals surface area (Å²) < 4.78 is 17.9. The van der Waals surface area contributed by atoms with Gasteiger partial charge in [0.05, 0.1) is 7.11 Å². The summed E-state index contributed by atoms with van der Waals surface area (Å²) in [6, 6.07) is 2.56. The van der Waals surface area contributed by atoms with Crippen LogP contribution in [0.5, 0.6) is 11.5 Å². The van der Waals surface area contributed by atoms with Crippen LogP contribution < -0.4 is 10.5 Å². The van der Waals surface area contributed by atoms with Gasteiger partial charge in [0.25, 0.3) is 0 Å². The second kappa shape index (κ2) is 4.81. The third kappa shape index (κ3) is 2.35. The van der Waals surface area contributed by atoms with Crippen LogP contribution in [0.2, 0.25) is 0 Å². The number of hydrogen-bond donors (Lipinski definition) is 2. The Labute approximate surface area is 82.3 Å². The maximum Gasteiger partial charge on any atom is 0.168 e. The molecule has 0 unspecified atom stereocenters. The van der Waals surface area contributed by atoms with E-state index in [1.54, 1.807) is 0 Å². The van der Waals surface area contributed by atoms with Gasteiger partial charge in [-0.1, -0.05) is 0 Å². The summed E-state index contributed by atoms with van der Waals surface area (Å²) in [6.07, 6.45) is 1.45. The van der Waals surface area contributed by atoms with Gasteiger partial charge in [-0.05, 0) is 31.0 Å². The summed E-state index contributed by atoms with van der Waals surface area (Å²) >= 11 is 0. The van der Waals surface area contributed by atoms with Crippen LogP contribution in [-0.2, 0) is 6.42 Å². The number of halogens is 1. The highest BCUT2D eigenvalue weighted by molar-refractivity contribution is 5.40. The van der Waals surface area contributed by atoms with Crippen molar-refractivity contribution in [2.24, 2.45) is 5.73 Å². The first-order valence-electron chi connectivity index (χ1n) is 4.44. The zero-order valence-corrected chi connectivity index (χ0v) is 8.09. The predicted octanol–water partition coefficient (Wildman–Crippen LogP) is 1.43. The molecule has 0 radical (unpaired) electrons. The van der Waals surface area contributed by atoms with Gasteiger partial charge in [-0.25, -0.2) is 4.39 Å². The molecule has 3 N–H and O–H groups in total. The molecule has 4 heteroatoms. The average molecular weight is 199 g/mol. The molecule has 78 valence electrons. The number of rotatable bonds is 4. The number of nitrogens with two attached hydrogens (primary N) is 1. The smallest absolute Gasteiger partial charge is 0.168 e. The molecule has 3 nitrogen and oxygen atoms in total. The van der Waals surface area contributed by atoms with E-state index in [1.165, 1.54) is 19.2 Å². The van der Waals surface area contributed by atoms with E-state index in [0.29, 0.717) is 18.7 Å². The number of hydrogen-bond acceptors (Lipinski definition) is 3. The molecule has 0 heterocycles. The number of phenols is 1. The minimum Gasteiger partial charge on any atom is -0.505 e. The van der Waals surface area contributed by atoms with Crippen LogP contribution in [0.1, 0.15) is 12.0 Å². The maximum atomic E-state index is 12.9. The Morgan fingerprint density at radius 3 is 2.79 bits per heavy atom. The topological polar surface area (TPSA) is 55.5 Å². The lowest BCUT2D eigenvalue weighted by molar-refractivity contribution is 0.393. The third-order valence-corrected chi connectivity index (χ3v) is 2.00. The molecule has 0 saturated heterocycles. The average Bonchev–Trinajstić information content (AvgIpc) is 2.19. The highest BCUT2D eigenvalue weighted by Gasteiger charge is 2.08. The molecular weight excluding hydrogens is 185 g/mol. The molecule has 1 rings (SSSR count). The van der Waals surface area contributed by atoms with Crippen LogP contribution in [0.25, 0.3) is 0 Å². The first kappa shape index (κ1) is 10.8. The molecule has 0 aliphatic rings. The minimum atomic E-state index is -0.668. The Hall–Kier alpha value is -1.29. The Kier molecular flexibility index (Phi) is 3.71. The van der Waals surface area contributed by atoms with Crippen molar-refractivity contribution < 1.29 is 14.2 Å². The van der Waals surface area contributed by atoms with E-state index in [2.05, 4.69) is 0 Å². The molecule has 0 spiro atoms. The maximum absolute atomic E-state index is 12.9. The van der Waals surface area contributed by atoms with Crippen molar-refractivity contribution in [2.75, 3.05) is 13.7 Å². The molecule has 0 bridgehead atoms. The number of ether oxygens (including phenoxy) is 1. The van der Waals surface area contributed by atoms with E-state index in [9.17, 15) is 4.39 Å². The van der Waals surface area contributed by atoms with Gasteiger partial charge in [0.15, 0.2) is 11.6 Å². The first-order valence-corrected chi connectivity index (χ1v) is 4.44. The van der Waals surface area contributed by atoms with Crippen LogP contribution >= 0.6 is 0 Å². The fourth-order valence-corrected chi connectivity index (χ4v) is 1.26. The van der Waals surface area contributed by atoms with Gasteiger partial charge >= 0.3 is 0 Å². The van der Waals surface area contributed by atoms with Crippen molar-refractivity contribution in [3.8, 4) is 11.5 Å². The van der Waals surface area contributed by atoms with Crippen molar-refractivity contribution in [3.05, 3.63) is 23.5 Å². The largest absolute Gasteiger partial charge is 0.505 e. The van der Waals surface area contributed by atoms with Crippen molar-refractivity contribution in [2.45, 2.75) is 12.8 Å². The predicted molar refractivity (Wildman–Crippen MR) is 52.0 cm³/mol. The van der Waals surface area contributed by atoms with Gasteiger partial charge in [-0.2, -0.15) is 0 Å². The van der Waals surface area contributed by atoms with Crippen LogP contribution in [0.3, 0.4) is 0 Å². The van der Waals surface area contributed by atoms with Crippen molar-refractivity contribution >= 4 is 0 Å². The first-order chi connectivity index (χ1) is 6.69. The third-order valence-electron chi connectivity index (χ3n) is 2.00. The second-order valence-electron chi connectivity index (χ2n) is 3.01. The van der Waals surface area contributed by atoms with Gasteiger partial charge in [0.1, 0.15) is 5.75 Å². The molecule has 0 aromatic heterocycles. The summed E-state index contributed by atoms with van der Waals surface area (Å²) in [6.45, 7) is 0.557. The molecule has 0 amide bonds. The highest BCUT2D eigenvalue weighted by atomic mass is 19.1. The zero-order valence-electron chi connectivity index (χ0n) is 8.09. The number of methoxy groups -OCH3 is 1. The molecule has 0 aliphatic heterocycles. The second-order valence-corrected chi connectivity index (χ2v) is 3.01. The molecule has 0 atom stereocenters. The SMILES string of the molecule is COc1cc(F)c(O)cc1CCCN. The number of benzene rings is 1. The van der Waals surface area contributed by atoms with Crippen LogP contribution in [-0.4, -0.2) is 18.8 Å². The van der Waals surface area contributed by atoms with E-state index in [1.807, 2.05) is 0 Å². The lowest BCUT2D eigenvalue weighted by Gasteiger charge is -2.08. The molecule has 1 aromatic carbocycles. The van der Waals surface area contributed by atoms with E-state index >= 15 is 0 Å². The van der Waals surface area contributed by atoms with E-state index in [-0.39, 0.29) is 5.75 Å². The number of aromatic hydroxyl groups is 1.